The molecule has 0 saturated carbocycles. The van der Waals surface area contributed by atoms with Crippen molar-refractivity contribution in [3.63, 3.8) is 0 Å². The summed E-state index contributed by atoms with van der Waals surface area (Å²) in [5, 5.41) is 9.83. The maximum Gasteiger partial charge on any atom is 0.341 e. The number of ether oxygens (including phenoxy) is 1. The van der Waals surface area contributed by atoms with Gasteiger partial charge in [0.2, 0.25) is 0 Å². The number of hydrogen-bond acceptors (Lipinski definition) is 5. The summed E-state index contributed by atoms with van der Waals surface area (Å²) in [6, 6.07) is 16.2. The summed E-state index contributed by atoms with van der Waals surface area (Å²) in [4.78, 5) is 17.8. The summed E-state index contributed by atoms with van der Waals surface area (Å²) in [5.74, 6) is 0.532. The van der Waals surface area contributed by atoms with Crippen molar-refractivity contribution in [3.05, 3.63) is 64.7 Å². The van der Waals surface area contributed by atoms with Crippen molar-refractivity contribution in [2.24, 2.45) is 0 Å². The van der Waals surface area contributed by atoms with Crippen LogP contribution in [0.2, 0.25) is 0 Å². The smallest absolute Gasteiger partial charge is 0.341 e. The van der Waals surface area contributed by atoms with Gasteiger partial charge in [0.15, 0.2) is 6.61 Å². The molecular formula is C21H21NO3S2. The van der Waals surface area contributed by atoms with Crippen LogP contribution in [0.25, 0.3) is 10.6 Å². The van der Waals surface area contributed by atoms with Crippen LogP contribution in [0.15, 0.2) is 53.4 Å². The Morgan fingerprint density at radius 2 is 2.00 bits per heavy atom. The quantitative estimate of drug-likeness (QED) is 0.511. The van der Waals surface area contributed by atoms with Gasteiger partial charge >= 0.3 is 5.97 Å². The molecule has 4 nitrogen and oxygen atoms in total. The van der Waals surface area contributed by atoms with E-state index in [1.807, 2.05) is 37.3 Å². The number of thioether (sulfide) groups is 1. The Bertz CT molecular complexity index is 922. The van der Waals surface area contributed by atoms with Gasteiger partial charge in [-0.2, -0.15) is 0 Å². The molecule has 3 rings (SSSR count). The van der Waals surface area contributed by atoms with Crippen molar-refractivity contribution in [1.29, 1.82) is 0 Å². The van der Waals surface area contributed by atoms with E-state index in [-0.39, 0.29) is 6.61 Å². The van der Waals surface area contributed by atoms with Crippen LogP contribution < -0.4 is 4.74 Å². The van der Waals surface area contributed by atoms with Gasteiger partial charge in [-0.3, -0.25) is 0 Å². The Hall–Kier alpha value is -2.31. The minimum atomic E-state index is -0.967. The molecule has 0 aliphatic carbocycles. The highest BCUT2D eigenvalue weighted by Gasteiger charge is 2.11. The number of hydrogen-bond donors (Lipinski definition) is 1. The lowest BCUT2D eigenvalue weighted by Crippen LogP contribution is -2.10. The van der Waals surface area contributed by atoms with Gasteiger partial charge < -0.3 is 9.84 Å². The van der Waals surface area contributed by atoms with E-state index < -0.39 is 5.97 Å². The van der Waals surface area contributed by atoms with Gasteiger partial charge in [-0.05, 0) is 37.1 Å². The number of nitrogens with zero attached hydrogens (tertiary/aromatic N) is 1. The molecule has 0 bridgehead atoms. The zero-order valence-electron chi connectivity index (χ0n) is 15.3. The maximum absolute atomic E-state index is 10.7. The predicted octanol–water partition coefficient (Wildman–Crippen LogP) is 5.44. The maximum atomic E-state index is 10.7. The lowest BCUT2D eigenvalue weighted by atomic mass is 10.1. The average molecular weight is 400 g/mol. The minimum Gasteiger partial charge on any atom is -0.482 e. The van der Waals surface area contributed by atoms with E-state index in [1.54, 1.807) is 23.1 Å². The van der Waals surface area contributed by atoms with Gasteiger partial charge in [0.1, 0.15) is 10.8 Å². The highest BCUT2D eigenvalue weighted by atomic mass is 32.2. The molecule has 6 heteroatoms. The summed E-state index contributed by atoms with van der Waals surface area (Å²) in [5.41, 5.74) is 3.24. The highest BCUT2D eigenvalue weighted by Crippen LogP contribution is 2.34. The number of rotatable bonds is 8. The molecule has 0 aliphatic rings. The van der Waals surface area contributed by atoms with E-state index in [0.29, 0.717) is 5.75 Å². The Balaban J connectivity index is 1.70. The monoisotopic (exact) mass is 399 g/mol. The molecule has 0 spiro atoms. The fourth-order valence-corrected chi connectivity index (χ4v) is 4.79. The molecule has 1 N–H and O–H groups in total. The van der Waals surface area contributed by atoms with Gasteiger partial charge in [-0.25, -0.2) is 9.78 Å². The molecule has 1 aromatic heterocycles. The molecular weight excluding hydrogens is 378 g/mol. The van der Waals surface area contributed by atoms with Crippen LogP contribution in [0.1, 0.15) is 23.1 Å². The van der Waals surface area contributed by atoms with Gasteiger partial charge in [0.25, 0.3) is 0 Å². The van der Waals surface area contributed by atoms with E-state index in [2.05, 4.69) is 25.1 Å². The van der Waals surface area contributed by atoms with E-state index >= 15 is 0 Å². The number of carboxylic acid groups (broad SMARTS) is 1. The molecule has 0 amide bonds. The van der Waals surface area contributed by atoms with Crippen molar-refractivity contribution in [2.45, 2.75) is 30.9 Å². The Labute approximate surface area is 167 Å². The van der Waals surface area contributed by atoms with E-state index in [1.165, 1.54) is 4.88 Å². The van der Waals surface area contributed by atoms with Crippen molar-refractivity contribution in [3.8, 4) is 16.3 Å². The lowest BCUT2D eigenvalue weighted by molar-refractivity contribution is -0.139. The second kappa shape index (κ2) is 9.06. The standard InChI is InChI=1S/C21H21NO3S2/c1-3-15-11-17(9-10-18(15)25-12-20(23)24)26-13-19-14(2)22-21(27-19)16-7-5-4-6-8-16/h4-11H,3,12-13H2,1-2H3,(H,23,24). The van der Waals surface area contributed by atoms with E-state index in [9.17, 15) is 4.79 Å². The number of aryl methyl sites for hydroxylation is 2. The van der Waals surface area contributed by atoms with Gasteiger partial charge in [0, 0.05) is 21.1 Å². The SMILES string of the molecule is CCc1cc(SCc2sc(-c3ccccc3)nc2C)ccc1OCC(=O)O. The lowest BCUT2D eigenvalue weighted by Gasteiger charge is -2.10. The van der Waals surface area contributed by atoms with E-state index in [4.69, 9.17) is 14.8 Å². The van der Waals surface area contributed by atoms with Crippen molar-refractivity contribution < 1.29 is 14.6 Å². The molecule has 0 unspecified atom stereocenters. The molecule has 140 valence electrons. The number of thiazole rings is 1. The molecule has 0 radical (unpaired) electrons. The van der Waals surface area contributed by atoms with Crippen LogP contribution in [0.3, 0.4) is 0 Å². The first-order chi connectivity index (χ1) is 13.1. The van der Waals surface area contributed by atoms with Gasteiger partial charge in [0.05, 0.1) is 5.69 Å². The number of benzene rings is 2. The largest absolute Gasteiger partial charge is 0.482 e. The molecule has 27 heavy (non-hydrogen) atoms. The zero-order chi connectivity index (χ0) is 19.2. The summed E-state index contributed by atoms with van der Waals surface area (Å²) >= 11 is 3.49. The third-order valence-corrected chi connectivity index (χ3v) is 6.46. The predicted molar refractivity (Wildman–Crippen MR) is 111 cm³/mol. The van der Waals surface area contributed by atoms with Gasteiger partial charge in [-0.15, -0.1) is 23.1 Å². The Morgan fingerprint density at radius 3 is 2.70 bits per heavy atom. The van der Waals surface area contributed by atoms with Crippen LogP contribution in [0.5, 0.6) is 5.75 Å². The molecule has 0 fully saturated rings. The topological polar surface area (TPSA) is 59.4 Å². The number of aliphatic carboxylic acids is 1. The zero-order valence-corrected chi connectivity index (χ0v) is 16.9. The first-order valence-corrected chi connectivity index (χ1v) is 10.5. The summed E-state index contributed by atoms with van der Waals surface area (Å²) < 4.78 is 5.36. The van der Waals surface area contributed by atoms with Crippen LogP contribution in [-0.2, 0) is 17.0 Å². The minimum absolute atomic E-state index is 0.318. The molecule has 1 heterocycles. The summed E-state index contributed by atoms with van der Waals surface area (Å²) in [7, 11) is 0. The third kappa shape index (κ3) is 5.11. The first kappa shape index (κ1) is 19.5. The first-order valence-electron chi connectivity index (χ1n) is 8.69. The Kier molecular flexibility index (Phi) is 6.53. The van der Waals surface area contributed by atoms with Crippen LogP contribution in [0.4, 0.5) is 0 Å². The van der Waals surface area contributed by atoms with Crippen molar-refractivity contribution in [2.75, 3.05) is 6.61 Å². The summed E-state index contributed by atoms with van der Waals surface area (Å²) in [6.07, 6.45) is 0.793. The van der Waals surface area contributed by atoms with E-state index in [0.717, 1.165) is 38.9 Å². The number of carbonyl (C=O) groups is 1. The normalized spacial score (nSPS) is 10.7. The molecule has 2 aromatic carbocycles. The Morgan fingerprint density at radius 1 is 1.22 bits per heavy atom. The van der Waals surface area contributed by atoms with Crippen LogP contribution >= 0.6 is 23.1 Å². The molecule has 0 atom stereocenters. The van der Waals surface area contributed by atoms with Gasteiger partial charge in [-0.1, -0.05) is 37.3 Å². The second-order valence-corrected chi connectivity index (χ2v) is 8.12. The second-order valence-electron chi connectivity index (χ2n) is 5.99. The fourth-order valence-electron chi connectivity index (χ4n) is 2.62. The molecule has 3 aromatic rings. The van der Waals surface area contributed by atoms with Crippen LogP contribution in [-0.4, -0.2) is 22.7 Å². The van der Waals surface area contributed by atoms with Crippen LogP contribution in [0, 0.1) is 6.92 Å². The van der Waals surface area contributed by atoms with Crippen molar-refractivity contribution in [1.82, 2.24) is 4.98 Å². The third-order valence-electron chi connectivity index (χ3n) is 4.05. The average Bonchev–Trinajstić information content (AvgIpc) is 3.06. The number of aromatic nitrogens is 1. The highest BCUT2D eigenvalue weighted by molar-refractivity contribution is 7.98. The molecule has 0 saturated heterocycles. The summed E-state index contributed by atoms with van der Waals surface area (Å²) in [6.45, 7) is 3.78. The number of carboxylic acids is 1. The van der Waals surface area contributed by atoms with Crippen molar-refractivity contribution >= 4 is 29.1 Å². The fraction of sp³-hybridized carbons (Fsp3) is 0.238. The molecule has 0 aliphatic heterocycles.